The van der Waals surface area contributed by atoms with Crippen LogP contribution in [0.2, 0.25) is 0 Å². The van der Waals surface area contributed by atoms with E-state index in [2.05, 4.69) is 5.32 Å². The van der Waals surface area contributed by atoms with Gasteiger partial charge in [0.25, 0.3) is 10.0 Å². The van der Waals surface area contributed by atoms with Crippen LogP contribution < -0.4 is 5.32 Å². The van der Waals surface area contributed by atoms with Crippen molar-refractivity contribution < 1.29 is 13.2 Å². The van der Waals surface area contributed by atoms with E-state index < -0.39 is 10.0 Å². The molecule has 1 unspecified atom stereocenters. The number of sulfonamides is 1. The molecule has 1 aliphatic heterocycles. The molecule has 0 aromatic carbocycles. The maximum absolute atomic E-state index is 12.4. The van der Waals surface area contributed by atoms with Crippen molar-refractivity contribution in [3.05, 3.63) is 17.0 Å². The Bertz CT molecular complexity index is 498. The molecule has 5 nitrogen and oxygen atoms in total. The van der Waals surface area contributed by atoms with Gasteiger partial charge in [-0.05, 0) is 25.6 Å². The van der Waals surface area contributed by atoms with Crippen molar-refractivity contribution in [2.75, 3.05) is 27.2 Å². The summed E-state index contributed by atoms with van der Waals surface area (Å²) in [6.07, 6.45) is 0.793. The molecule has 7 heteroatoms. The Morgan fingerprint density at radius 2 is 2.33 bits per heavy atom. The highest BCUT2D eigenvalue weighted by molar-refractivity contribution is 7.91. The van der Waals surface area contributed by atoms with Gasteiger partial charge in [-0.1, -0.05) is 0 Å². The molecule has 2 heterocycles. The van der Waals surface area contributed by atoms with E-state index >= 15 is 0 Å². The van der Waals surface area contributed by atoms with E-state index in [4.69, 9.17) is 4.74 Å². The highest BCUT2D eigenvalue weighted by atomic mass is 32.2. The van der Waals surface area contributed by atoms with Crippen LogP contribution in [0.25, 0.3) is 0 Å². The van der Waals surface area contributed by atoms with Crippen LogP contribution in [0.4, 0.5) is 0 Å². The topological polar surface area (TPSA) is 58.6 Å². The fraction of sp³-hybridized carbons (Fsp3) is 0.636. The molecule has 0 aliphatic carbocycles. The maximum atomic E-state index is 12.4. The third kappa shape index (κ3) is 2.75. The summed E-state index contributed by atoms with van der Waals surface area (Å²) < 4.78 is 31.9. The molecule has 0 saturated carbocycles. The number of nitrogens with one attached hydrogen (secondary N) is 1. The zero-order chi connectivity index (χ0) is 13.2. The van der Waals surface area contributed by atoms with E-state index in [0.29, 0.717) is 23.8 Å². The molecule has 1 aromatic heterocycles. The number of hydrogen-bond acceptors (Lipinski definition) is 5. The number of ether oxygens (including phenoxy) is 1. The first-order valence-corrected chi connectivity index (χ1v) is 8.10. The van der Waals surface area contributed by atoms with Crippen LogP contribution in [0.15, 0.2) is 16.3 Å². The minimum Gasteiger partial charge on any atom is -0.380 e. The van der Waals surface area contributed by atoms with Crippen LogP contribution in [-0.2, 0) is 21.3 Å². The second-order valence-corrected chi connectivity index (χ2v) is 7.59. The van der Waals surface area contributed by atoms with E-state index in [1.165, 1.54) is 15.6 Å². The summed E-state index contributed by atoms with van der Waals surface area (Å²) in [7, 11) is 0.132. The molecular formula is C11H18N2O3S2. The number of nitrogens with zero attached hydrogens (tertiary/aromatic N) is 1. The van der Waals surface area contributed by atoms with Gasteiger partial charge in [0.1, 0.15) is 4.21 Å². The van der Waals surface area contributed by atoms with Crippen LogP contribution in [0.3, 0.4) is 0 Å². The molecule has 0 bridgehead atoms. The van der Waals surface area contributed by atoms with Gasteiger partial charge in [-0.25, -0.2) is 8.42 Å². The van der Waals surface area contributed by atoms with Gasteiger partial charge in [-0.2, -0.15) is 4.31 Å². The molecule has 1 fully saturated rings. The molecule has 1 aromatic rings. The molecule has 1 aliphatic rings. The first-order chi connectivity index (χ1) is 8.57. The third-order valence-electron chi connectivity index (χ3n) is 3.02. The van der Waals surface area contributed by atoms with Gasteiger partial charge in [-0.3, -0.25) is 0 Å². The van der Waals surface area contributed by atoms with Crippen LogP contribution in [0.1, 0.15) is 11.3 Å². The number of methoxy groups -OCH3 is 1. The SMILES string of the molecule is CNCc1ccc(S(=O)(=O)N2CCC(OC)C2)s1. The van der Waals surface area contributed by atoms with E-state index in [-0.39, 0.29) is 6.10 Å². The normalized spacial score (nSPS) is 21.6. The number of thiophene rings is 1. The predicted molar refractivity (Wildman–Crippen MR) is 71.3 cm³/mol. The van der Waals surface area contributed by atoms with Gasteiger partial charge in [-0.15, -0.1) is 11.3 Å². The molecule has 0 amide bonds. The Morgan fingerprint density at radius 1 is 1.56 bits per heavy atom. The lowest BCUT2D eigenvalue weighted by atomic mass is 10.3. The molecule has 102 valence electrons. The second-order valence-electron chi connectivity index (χ2n) is 4.26. The Morgan fingerprint density at radius 3 is 2.94 bits per heavy atom. The summed E-state index contributed by atoms with van der Waals surface area (Å²) in [6.45, 7) is 1.69. The van der Waals surface area contributed by atoms with Gasteiger partial charge in [0.05, 0.1) is 6.10 Å². The zero-order valence-corrected chi connectivity index (χ0v) is 12.2. The van der Waals surface area contributed by atoms with Crippen molar-refractivity contribution in [2.45, 2.75) is 23.3 Å². The van der Waals surface area contributed by atoms with Crippen molar-refractivity contribution in [2.24, 2.45) is 0 Å². The molecule has 0 spiro atoms. The average molecular weight is 290 g/mol. The molecule has 18 heavy (non-hydrogen) atoms. The quantitative estimate of drug-likeness (QED) is 0.874. The van der Waals surface area contributed by atoms with E-state index in [0.717, 1.165) is 11.3 Å². The Balaban J connectivity index is 2.15. The van der Waals surface area contributed by atoms with E-state index in [9.17, 15) is 8.42 Å². The standard InChI is InChI=1S/C11H18N2O3S2/c1-12-7-10-3-4-11(17-10)18(14,15)13-6-5-9(8-13)16-2/h3-4,9,12H,5-8H2,1-2H3. The van der Waals surface area contributed by atoms with E-state index in [1.54, 1.807) is 13.2 Å². The Labute approximate surface area is 112 Å². The fourth-order valence-electron chi connectivity index (χ4n) is 2.00. The molecule has 1 saturated heterocycles. The van der Waals surface area contributed by atoms with Gasteiger partial charge in [0, 0.05) is 31.6 Å². The molecule has 1 atom stereocenters. The maximum Gasteiger partial charge on any atom is 0.252 e. The number of hydrogen-bond donors (Lipinski definition) is 1. The molecule has 1 N–H and O–H groups in total. The third-order valence-corrected chi connectivity index (χ3v) is 6.44. The average Bonchev–Trinajstić information content (AvgIpc) is 2.98. The summed E-state index contributed by atoms with van der Waals surface area (Å²) in [6, 6.07) is 3.55. The van der Waals surface area contributed by atoms with Crippen molar-refractivity contribution >= 4 is 21.4 Å². The summed E-state index contributed by atoms with van der Waals surface area (Å²) in [5.41, 5.74) is 0. The molecule has 0 radical (unpaired) electrons. The minimum atomic E-state index is -3.34. The van der Waals surface area contributed by atoms with Crippen LogP contribution in [0, 0.1) is 0 Å². The van der Waals surface area contributed by atoms with Gasteiger partial charge < -0.3 is 10.1 Å². The van der Waals surface area contributed by atoms with Crippen molar-refractivity contribution in [3.8, 4) is 0 Å². The van der Waals surface area contributed by atoms with Gasteiger partial charge >= 0.3 is 0 Å². The number of rotatable bonds is 5. The highest BCUT2D eigenvalue weighted by Crippen LogP contribution is 2.27. The molecule has 2 rings (SSSR count). The highest BCUT2D eigenvalue weighted by Gasteiger charge is 2.33. The summed E-state index contributed by atoms with van der Waals surface area (Å²) in [5.74, 6) is 0. The lowest BCUT2D eigenvalue weighted by Crippen LogP contribution is -2.29. The summed E-state index contributed by atoms with van der Waals surface area (Å²) in [5, 5.41) is 3.02. The first kappa shape index (κ1) is 14.0. The van der Waals surface area contributed by atoms with Crippen molar-refractivity contribution in [1.29, 1.82) is 0 Å². The summed E-state index contributed by atoms with van der Waals surface area (Å²) in [4.78, 5) is 1.03. The van der Waals surface area contributed by atoms with Crippen molar-refractivity contribution in [1.82, 2.24) is 9.62 Å². The van der Waals surface area contributed by atoms with Gasteiger partial charge in [0.2, 0.25) is 0 Å². The Hall–Kier alpha value is -0.470. The fourth-order valence-corrected chi connectivity index (χ4v) is 5.01. The first-order valence-electron chi connectivity index (χ1n) is 5.84. The zero-order valence-electron chi connectivity index (χ0n) is 10.5. The second kappa shape index (κ2) is 5.66. The van der Waals surface area contributed by atoms with Crippen LogP contribution in [0.5, 0.6) is 0 Å². The lowest BCUT2D eigenvalue weighted by Gasteiger charge is -2.14. The van der Waals surface area contributed by atoms with Crippen LogP contribution in [-0.4, -0.2) is 46.1 Å². The molecular weight excluding hydrogens is 272 g/mol. The summed E-state index contributed by atoms with van der Waals surface area (Å²) >= 11 is 1.33. The Kier molecular flexibility index (Phi) is 4.39. The van der Waals surface area contributed by atoms with Crippen molar-refractivity contribution in [3.63, 3.8) is 0 Å². The minimum absolute atomic E-state index is 0.0246. The van der Waals surface area contributed by atoms with Gasteiger partial charge in [0.15, 0.2) is 0 Å². The largest absolute Gasteiger partial charge is 0.380 e. The van der Waals surface area contributed by atoms with Crippen LogP contribution >= 0.6 is 11.3 Å². The van der Waals surface area contributed by atoms with E-state index in [1.807, 2.05) is 13.1 Å². The lowest BCUT2D eigenvalue weighted by molar-refractivity contribution is 0.115. The monoisotopic (exact) mass is 290 g/mol. The predicted octanol–water partition coefficient (Wildman–Crippen LogP) is 0.877. The smallest absolute Gasteiger partial charge is 0.252 e.